The minimum Gasteiger partial charge on any atom is -0.497 e. The molecule has 0 aliphatic rings. The van der Waals surface area contributed by atoms with Crippen molar-refractivity contribution in [1.82, 2.24) is 4.98 Å². The van der Waals surface area contributed by atoms with Gasteiger partial charge in [-0.3, -0.25) is 0 Å². The minimum atomic E-state index is -0.536. The Hall–Kier alpha value is -2.07. The van der Waals surface area contributed by atoms with Gasteiger partial charge in [-0.2, -0.15) is 0 Å². The second-order valence-electron chi connectivity index (χ2n) is 4.80. The molecule has 0 bridgehead atoms. The lowest BCUT2D eigenvalue weighted by atomic mass is 10.1. The van der Waals surface area contributed by atoms with Gasteiger partial charge >= 0.3 is 0 Å². The third kappa shape index (κ3) is 3.27. The summed E-state index contributed by atoms with van der Waals surface area (Å²) in [5, 5.41) is 9.82. The highest BCUT2D eigenvalue weighted by atomic mass is 16.5. The molecule has 4 nitrogen and oxygen atoms in total. The van der Waals surface area contributed by atoms with Gasteiger partial charge in [-0.05, 0) is 30.7 Å². The monoisotopic (exact) mass is 272 g/mol. The van der Waals surface area contributed by atoms with E-state index in [9.17, 15) is 5.11 Å². The zero-order chi connectivity index (χ0) is 14.5. The molecule has 0 spiro atoms. The van der Waals surface area contributed by atoms with Crippen molar-refractivity contribution in [3.63, 3.8) is 0 Å². The maximum absolute atomic E-state index is 9.82. The number of benzene rings is 1. The van der Waals surface area contributed by atoms with E-state index in [-0.39, 0.29) is 0 Å². The van der Waals surface area contributed by atoms with Crippen LogP contribution in [0, 0.1) is 0 Å². The number of hydrogen-bond donors (Lipinski definition) is 1. The number of aliphatic hydroxyl groups excluding tert-OH is 1. The van der Waals surface area contributed by atoms with Crippen LogP contribution in [0.15, 0.2) is 42.6 Å². The highest BCUT2D eigenvalue weighted by molar-refractivity contribution is 5.48. The van der Waals surface area contributed by atoms with Crippen LogP contribution in [0.25, 0.3) is 0 Å². The predicted octanol–water partition coefficient (Wildman–Crippen LogP) is 2.78. The summed E-state index contributed by atoms with van der Waals surface area (Å²) >= 11 is 0. The molecular weight excluding hydrogens is 252 g/mol. The average molecular weight is 272 g/mol. The molecule has 1 aromatic heterocycles. The Morgan fingerprint density at radius 2 is 2.10 bits per heavy atom. The fourth-order valence-corrected chi connectivity index (χ4v) is 2.17. The van der Waals surface area contributed by atoms with Crippen LogP contribution in [-0.4, -0.2) is 24.2 Å². The Kier molecular flexibility index (Phi) is 4.58. The Labute approximate surface area is 119 Å². The molecule has 20 heavy (non-hydrogen) atoms. The maximum Gasteiger partial charge on any atom is 0.134 e. The molecule has 2 rings (SSSR count). The molecule has 0 aliphatic carbocycles. The molecule has 0 saturated heterocycles. The van der Waals surface area contributed by atoms with E-state index < -0.39 is 6.10 Å². The van der Waals surface area contributed by atoms with E-state index in [2.05, 4.69) is 4.98 Å². The Morgan fingerprint density at radius 1 is 1.30 bits per heavy atom. The summed E-state index contributed by atoms with van der Waals surface area (Å²) in [6, 6.07) is 11.7. The number of nitrogens with zero attached hydrogens (tertiary/aromatic N) is 2. The molecule has 0 unspecified atom stereocenters. The molecule has 0 aliphatic heterocycles. The van der Waals surface area contributed by atoms with Crippen molar-refractivity contribution in [2.45, 2.75) is 19.6 Å². The van der Waals surface area contributed by atoms with Gasteiger partial charge in [-0.1, -0.05) is 18.2 Å². The number of anilines is 1. The fraction of sp³-hybridized carbons (Fsp3) is 0.312. The van der Waals surface area contributed by atoms with Crippen LogP contribution >= 0.6 is 0 Å². The summed E-state index contributed by atoms with van der Waals surface area (Å²) in [4.78, 5) is 6.40. The summed E-state index contributed by atoms with van der Waals surface area (Å²) in [6.07, 6.45) is 1.20. The second-order valence-corrected chi connectivity index (χ2v) is 4.80. The minimum absolute atomic E-state index is 0.536. The van der Waals surface area contributed by atoms with Crippen LogP contribution in [0.3, 0.4) is 0 Å². The lowest BCUT2D eigenvalue weighted by Gasteiger charge is -2.22. The summed E-state index contributed by atoms with van der Waals surface area (Å²) in [6.45, 7) is 2.45. The molecule has 1 heterocycles. The number of aromatic nitrogens is 1. The first kappa shape index (κ1) is 14.3. The van der Waals surface area contributed by atoms with Gasteiger partial charge in [0.2, 0.25) is 0 Å². The third-order valence-corrected chi connectivity index (χ3v) is 3.18. The summed E-state index contributed by atoms with van der Waals surface area (Å²) in [5.41, 5.74) is 1.96. The van der Waals surface area contributed by atoms with Crippen LogP contribution in [0.5, 0.6) is 5.75 Å². The molecule has 4 heteroatoms. The smallest absolute Gasteiger partial charge is 0.134 e. The van der Waals surface area contributed by atoms with Crippen molar-refractivity contribution in [1.29, 1.82) is 0 Å². The lowest BCUT2D eigenvalue weighted by molar-refractivity contribution is 0.199. The number of pyridine rings is 1. The Morgan fingerprint density at radius 3 is 2.80 bits per heavy atom. The maximum atomic E-state index is 9.82. The van der Waals surface area contributed by atoms with E-state index in [1.165, 1.54) is 0 Å². The van der Waals surface area contributed by atoms with Crippen molar-refractivity contribution >= 4 is 5.82 Å². The molecule has 0 radical (unpaired) electrons. The number of rotatable bonds is 5. The second kappa shape index (κ2) is 6.39. The first-order valence-electron chi connectivity index (χ1n) is 6.59. The predicted molar refractivity (Wildman–Crippen MR) is 80.0 cm³/mol. The van der Waals surface area contributed by atoms with Crippen molar-refractivity contribution in [3.8, 4) is 5.75 Å². The molecule has 0 fully saturated rings. The summed E-state index contributed by atoms with van der Waals surface area (Å²) in [7, 11) is 3.63. The SMILES string of the molecule is COc1cccc(CN(C)c2ncccc2[C@@H](C)O)c1. The molecule has 1 aromatic carbocycles. The highest BCUT2D eigenvalue weighted by Gasteiger charge is 2.12. The van der Waals surface area contributed by atoms with Crippen LogP contribution in [0.4, 0.5) is 5.82 Å². The fourth-order valence-electron chi connectivity index (χ4n) is 2.17. The number of ether oxygens (including phenoxy) is 1. The quantitative estimate of drug-likeness (QED) is 0.909. The zero-order valence-electron chi connectivity index (χ0n) is 12.1. The first-order chi connectivity index (χ1) is 9.61. The van der Waals surface area contributed by atoms with Gasteiger partial charge in [0.05, 0.1) is 13.2 Å². The Balaban J connectivity index is 2.21. The van der Waals surface area contributed by atoms with Gasteiger partial charge in [0.25, 0.3) is 0 Å². The van der Waals surface area contributed by atoms with Crippen molar-refractivity contribution < 1.29 is 9.84 Å². The van der Waals surface area contributed by atoms with E-state index in [0.29, 0.717) is 6.54 Å². The zero-order valence-corrected chi connectivity index (χ0v) is 12.1. The number of aliphatic hydroxyl groups is 1. The van der Waals surface area contributed by atoms with Crippen molar-refractivity contribution in [2.75, 3.05) is 19.1 Å². The molecule has 0 saturated carbocycles. The molecule has 2 aromatic rings. The normalized spacial score (nSPS) is 12.0. The lowest BCUT2D eigenvalue weighted by Crippen LogP contribution is -2.20. The molecule has 0 amide bonds. The topological polar surface area (TPSA) is 45.6 Å². The van der Waals surface area contributed by atoms with Gasteiger partial charge in [0.1, 0.15) is 11.6 Å². The van der Waals surface area contributed by atoms with E-state index in [1.807, 2.05) is 48.3 Å². The third-order valence-electron chi connectivity index (χ3n) is 3.18. The van der Waals surface area contributed by atoms with E-state index >= 15 is 0 Å². The summed E-state index contributed by atoms with van der Waals surface area (Å²) in [5.74, 6) is 1.64. The standard InChI is InChI=1S/C16H20N2O2/c1-12(19)15-8-5-9-17-16(15)18(2)11-13-6-4-7-14(10-13)20-3/h4-10,12,19H,11H2,1-3H3/t12-/m1/s1. The van der Waals surface area contributed by atoms with E-state index in [4.69, 9.17) is 4.74 Å². The van der Waals surface area contributed by atoms with Gasteiger partial charge < -0.3 is 14.7 Å². The highest BCUT2D eigenvalue weighted by Crippen LogP contribution is 2.24. The Bertz CT molecular complexity index is 570. The van der Waals surface area contributed by atoms with Crippen LogP contribution in [0.2, 0.25) is 0 Å². The largest absolute Gasteiger partial charge is 0.497 e. The van der Waals surface area contributed by atoms with Crippen LogP contribution in [0.1, 0.15) is 24.2 Å². The van der Waals surface area contributed by atoms with E-state index in [1.54, 1.807) is 20.2 Å². The van der Waals surface area contributed by atoms with Gasteiger partial charge in [0, 0.05) is 25.4 Å². The summed E-state index contributed by atoms with van der Waals surface area (Å²) < 4.78 is 5.23. The van der Waals surface area contributed by atoms with Crippen LogP contribution < -0.4 is 9.64 Å². The van der Waals surface area contributed by atoms with Crippen molar-refractivity contribution in [2.24, 2.45) is 0 Å². The van der Waals surface area contributed by atoms with Gasteiger partial charge in [-0.15, -0.1) is 0 Å². The number of hydrogen-bond acceptors (Lipinski definition) is 4. The van der Waals surface area contributed by atoms with Crippen molar-refractivity contribution in [3.05, 3.63) is 53.7 Å². The molecular formula is C16H20N2O2. The molecule has 1 N–H and O–H groups in total. The average Bonchev–Trinajstić information content (AvgIpc) is 2.47. The van der Waals surface area contributed by atoms with Crippen LogP contribution in [-0.2, 0) is 6.54 Å². The first-order valence-corrected chi connectivity index (χ1v) is 6.59. The molecule has 1 atom stereocenters. The van der Waals surface area contributed by atoms with E-state index in [0.717, 1.165) is 22.7 Å². The number of methoxy groups -OCH3 is 1. The molecule has 106 valence electrons. The van der Waals surface area contributed by atoms with Gasteiger partial charge in [0.15, 0.2) is 0 Å². The van der Waals surface area contributed by atoms with Gasteiger partial charge in [-0.25, -0.2) is 4.98 Å².